The topological polar surface area (TPSA) is 26.0 Å². The quantitative estimate of drug-likeness (QED) is 0.638. The smallest absolute Gasteiger partial charge is 0.00153 e. The maximum atomic E-state index is 5.97. The molecule has 70 valence electrons. The summed E-state index contributed by atoms with van der Waals surface area (Å²) in [5.41, 5.74) is 6.54. The molecule has 0 aromatic rings. The van der Waals surface area contributed by atoms with Gasteiger partial charge in [0.15, 0.2) is 0 Å². The predicted octanol–water partition coefficient (Wildman–Crippen LogP) is 2.55. The summed E-state index contributed by atoms with van der Waals surface area (Å²) in [6.07, 6.45) is 8.65. The molecule has 0 spiro atoms. The maximum absolute atomic E-state index is 5.97. The normalized spacial score (nSPS) is 47.5. The zero-order valence-corrected chi connectivity index (χ0v) is 8.18. The molecule has 12 heavy (non-hydrogen) atoms. The molecule has 0 saturated heterocycles. The van der Waals surface area contributed by atoms with Crippen molar-refractivity contribution in [1.82, 2.24) is 0 Å². The summed E-state index contributed by atoms with van der Waals surface area (Å²) < 4.78 is 0. The van der Waals surface area contributed by atoms with E-state index < -0.39 is 0 Å². The molecule has 2 fully saturated rings. The Morgan fingerprint density at radius 2 is 2.08 bits per heavy atom. The second-order valence-electron chi connectivity index (χ2n) is 4.86. The summed E-state index contributed by atoms with van der Waals surface area (Å²) in [6, 6.07) is 0. The lowest BCUT2D eigenvalue weighted by atomic mass is 9.64. The van der Waals surface area contributed by atoms with Gasteiger partial charge in [-0.15, -0.1) is 0 Å². The Labute approximate surface area is 75.7 Å². The molecule has 1 heteroatoms. The molecule has 0 amide bonds. The van der Waals surface area contributed by atoms with Crippen LogP contribution in [0.5, 0.6) is 0 Å². The van der Waals surface area contributed by atoms with Crippen LogP contribution in [0.4, 0.5) is 0 Å². The van der Waals surface area contributed by atoms with Crippen molar-refractivity contribution < 1.29 is 0 Å². The van der Waals surface area contributed by atoms with Gasteiger partial charge in [-0.25, -0.2) is 0 Å². The number of fused-ring (bicyclic) bond motifs is 1. The molecule has 2 aliphatic carbocycles. The highest BCUT2D eigenvalue weighted by Gasteiger charge is 2.47. The number of hydrogen-bond donors (Lipinski definition) is 1. The second kappa shape index (κ2) is 3.02. The van der Waals surface area contributed by atoms with E-state index in [1.165, 1.54) is 38.5 Å². The van der Waals surface area contributed by atoms with Crippen LogP contribution in [-0.2, 0) is 0 Å². The van der Waals surface area contributed by atoms with Crippen molar-refractivity contribution in [2.24, 2.45) is 23.0 Å². The Balaban J connectivity index is 2.19. The molecule has 2 rings (SSSR count). The van der Waals surface area contributed by atoms with Gasteiger partial charge in [-0.3, -0.25) is 0 Å². The van der Waals surface area contributed by atoms with Crippen LogP contribution in [0.15, 0.2) is 0 Å². The van der Waals surface area contributed by atoms with Gasteiger partial charge in [0.1, 0.15) is 0 Å². The highest BCUT2D eigenvalue weighted by Crippen LogP contribution is 2.54. The van der Waals surface area contributed by atoms with E-state index in [0.717, 1.165) is 18.4 Å². The largest absolute Gasteiger partial charge is 0.330 e. The van der Waals surface area contributed by atoms with Gasteiger partial charge >= 0.3 is 0 Å². The summed E-state index contributed by atoms with van der Waals surface area (Å²) in [6.45, 7) is 3.36. The lowest BCUT2D eigenvalue weighted by molar-refractivity contribution is 0.0952. The fourth-order valence-electron chi connectivity index (χ4n) is 3.63. The fraction of sp³-hybridized carbons (Fsp3) is 1.00. The first-order chi connectivity index (χ1) is 5.79. The van der Waals surface area contributed by atoms with Gasteiger partial charge in [-0.05, 0) is 49.5 Å². The van der Waals surface area contributed by atoms with Gasteiger partial charge in [0.2, 0.25) is 0 Å². The standard InChI is InChI=1S/C11H21N/c1-9-5-6-10-4-2-3-7-11(9,10)8-12/h9-10H,2-8,12H2,1H3. The minimum absolute atomic E-state index is 0.568. The van der Waals surface area contributed by atoms with Crippen molar-refractivity contribution in [3.63, 3.8) is 0 Å². The van der Waals surface area contributed by atoms with Crippen LogP contribution in [0, 0.1) is 17.3 Å². The van der Waals surface area contributed by atoms with Gasteiger partial charge in [0, 0.05) is 0 Å². The lowest BCUT2D eigenvalue weighted by Gasteiger charge is -2.42. The van der Waals surface area contributed by atoms with E-state index >= 15 is 0 Å². The summed E-state index contributed by atoms with van der Waals surface area (Å²) in [7, 11) is 0. The van der Waals surface area contributed by atoms with E-state index in [9.17, 15) is 0 Å². The van der Waals surface area contributed by atoms with Gasteiger partial charge in [0.05, 0.1) is 0 Å². The molecule has 0 aromatic carbocycles. The molecular formula is C11H21N. The summed E-state index contributed by atoms with van der Waals surface area (Å²) in [5, 5.41) is 0. The van der Waals surface area contributed by atoms with E-state index in [1.54, 1.807) is 0 Å². The first kappa shape index (κ1) is 8.55. The predicted molar refractivity (Wildman–Crippen MR) is 51.8 cm³/mol. The van der Waals surface area contributed by atoms with Crippen molar-refractivity contribution in [1.29, 1.82) is 0 Å². The highest BCUT2D eigenvalue weighted by molar-refractivity contribution is 4.98. The van der Waals surface area contributed by atoms with Crippen LogP contribution < -0.4 is 5.73 Å². The van der Waals surface area contributed by atoms with Crippen molar-refractivity contribution in [3.05, 3.63) is 0 Å². The van der Waals surface area contributed by atoms with Gasteiger partial charge in [-0.1, -0.05) is 19.8 Å². The average molecular weight is 167 g/mol. The minimum Gasteiger partial charge on any atom is -0.330 e. The monoisotopic (exact) mass is 167 g/mol. The minimum atomic E-state index is 0.568. The van der Waals surface area contributed by atoms with E-state index in [2.05, 4.69) is 6.92 Å². The van der Waals surface area contributed by atoms with E-state index in [-0.39, 0.29) is 0 Å². The number of hydrogen-bond acceptors (Lipinski definition) is 1. The summed E-state index contributed by atoms with van der Waals surface area (Å²) in [4.78, 5) is 0. The molecule has 2 N–H and O–H groups in total. The Bertz CT molecular complexity index is 164. The molecule has 0 radical (unpaired) electrons. The van der Waals surface area contributed by atoms with Crippen molar-refractivity contribution in [2.45, 2.75) is 45.4 Å². The van der Waals surface area contributed by atoms with Crippen LogP contribution in [0.25, 0.3) is 0 Å². The summed E-state index contributed by atoms with van der Waals surface area (Å²) >= 11 is 0. The second-order valence-corrected chi connectivity index (χ2v) is 4.86. The van der Waals surface area contributed by atoms with Gasteiger partial charge in [-0.2, -0.15) is 0 Å². The van der Waals surface area contributed by atoms with Gasteiger partial charge < -0.3 is 5.73 Å². The fourth-order valence-corrected chi connectivity index (χ4v) is 3.63. The van der Waals surface area contributed by atoms with E-state index in [4.69, 9.17) is 5.73 Å². The molecule has 0 aromatic heterocycles. The van der Waals surface area contributed by atoms with Crippen molar-refractivity contribution in [2.75, 3.05) is 6.54 Å². The zero-order chi connectivity index (χ0) is 8.60. The molecular weight excluding hydrogens is 146 g/mol. The van der Waals surface area contributed by atoms with Crippen LogP contribution in [-0.4, -0.2) is 6.54 Å². The summed E-state index contributed by atoms with van der Waals surface area (Å²) in [5.74, 6) is 1.87. The molecule has 0 aliphatic heterocycles. The SMILES string of the molecule is CC1CCC2CCCCC12CN. The van der Waals surface area contributed by atoms with Gasteiger partial charge in [0.25, 0.3) is 0 Å². The average Bonchev–Trinajstić information content (AvgIpc) is 2.45. The molecule has 0 bridgehead atoms. The first-order valence-electron chi connectivity index (χ1n) is 5.49. The third-order valence-electron chi connectivity index (χ3n) is 4.57. The third kappa shape index (κ3) is 1.02. The van der Waals surface area contributed by atoms with Crippen LogP contribution >= 0.6 is 0 Å². The lowest BCUT2D eigenvalue weighted by Crippen LogP contribution is -2.40. The molecule has 1 nitrogen and oxygen atoms in total. The molecule has 2 saturated carbocycles. The maximum Gasteiger partial charge on any atom is -0.00153 e. The van der Waals surface area contributed by atoms with Crippen LogP contribution in [0.1, 0.15) is 45.4 Å². The third-order valence-corrected chi connectivity index (χ3v) is 4.57. The molecule has 0 heterocycles. The Morgan fingerprint density at radius 1 is 1.25 bits per heavy atom. The van der Waals surface area contributed by atoms with Crippen molar-refractivity contribution in [3.8, 4) is 0 Å². The molecule has 3 atom stereocenters. The number of rotatable bonds is 1. The first-order valence-corrected chi connectivity index (χ1v) is 5.49. The Hall–Kier alpha value is -0.0400. The van der Waals surface area contributed by atoms with Crippen molar-refractivity contribution >= 4 is 0 Å². The Morgan fingerprint density at radius 3 is 2.75 bits per heavy atom. The Kier molecular flexibility index (Phi) is 2.16. The van der Waals surface area contributed by atoms with E-state index in [1.807, 2.05) is 0 Å². The molecule has 3 unspecified atom stereocenters. The van der Waals surface area contributed by atoms with E-state index in [0.29, 0.717) is 5.41 Å². The number of nitrogens with two attached hydrogens (primary N) is 1. The highest BCUT2D eigenvalue weighted by atomic mass is 14.7. The zero-order valence-electron chi connectivity index (χ0n) is 8.18. The molecule has 2 aliphatic rings. The van der Waals surface area contributed by atoms with Crippen LogP contribution in [0.3, 0.4) is 0 Å². The van der Waals surface area contributed by atoms with Crippen LogP contribution in [0.2, 0.25) is 0 Å².